The molecule has 1 atom stereocenters. The Morgan fingerprint density at radius 3 is 2.91 bits per heavy atom. The van der Waals surface area contributed by atoms with E-state index in [0.717, 1.165) is 48.1 Å². The second-order valence-electron chi connectivity index (χ2n) is 8.64. The van der Waals surface area contributed by atoms with Gasteiger partial charge in [0.2, 0.25) is 0 Å². The number of hydrogen-bond acceptors (Lipinski definition) is 4. The lowest BCUT2D eigenvalue weighted by molar-refractivity contribution is 0.100. The molecule has 3 heterocycles. The molecule has 4 aromatic rings. The fraction of sp³-hybridized carbons (Fsp3) is 0.308. The molecule has 6 heteroatoms. The Labute approximate surface area is 191 Å². The number of fused-ring (bicyclic) bond motifs is 2. The molecule has 0 unspecified atom stereocenters. The van der Waals surface area contributed by atoms with Crippen LogP contribution in [0.15, 0.2) is 48.5 Å². The largest absolute Gasteiger partial charge is 0.365 e. The zero-order chi connectivity index (χ0) is 22.2. The molecule has 5 nitrogen and oxygen atoms in total. The molecule has 2 aromatic heterocycles. The molecule has 0 saturated carbocycles. The van der Waals surface area contributed by atoms with Gasteiger partial charge in [0.05, 0.1) is 16.5 Å². The Morgan fingerprint density at radius 1 is 1.25 bits per heavy atom. The summed E-state index contributed by atoms with van der Waals surface area (Å²) < 4.78 is 3.34. The number of aryl methyl sites for hydroxylation is 1. The first kappa shape index (κ1) is 20.7. The zero-order valence-corrected chi connectivity index (χ0v) is 19.0. The predicted octanol–water partition coefficient (Wildman–Crippen LogP) is 4.61. The Kier molecular flexibility index (Phi) is 5.46. The topological polar surface area (TPSA) is 75.0 Å². The first-order valence-electron chi connectivity index (χ1n) is 11.1. The number of primary amides is 1. The second-order valence-corrected chi connectivity index (χ2v) is 9.69. The minimum atomic E-state index is -0.321. The lowest BCUT2D eigenvalue weighted by Crippen LogP contribution is -2.33. The molecule has 32 heavy (non-hydrogen) atoms. The first-order chi connectivity index (χ1) is 15.5. The maximum Gasteiger partial charge on any atom is 0.259 e. The predicted molar refractivity (Wildman–Crippen MR) is 130 cm³/mol. The van der Waals surface area contributed by atoms with Gasteiger partial charge in [0.25, 0.3) is 5.91 Å². The Bertz CT molecular complexity index is 1360. The number of carbonyl (C=O) groups excluding carboxylic acids is 1. The molecule has 2 N–H and O–H groups in total. The summed E-state index contributed by atoms with van der Waals surface area (Å²) in [6.45, 7) is 2.06. The van der Waals surface area contributed by atoms with Crippen LogP contribution in [0.25, 0.3) is 21.0 Å². The average Bonchev–Trinajstić information content (AvgIpc) is 3.49. The SMILES string of the molecule is Cn1c(CCN2CCC[C@H]2Cc2c(C(N)=O)sc3ccccc23)cc2ccc(C#N)cc21. The van der Waals surface area contributed by atoms with Crippen molar-refractivity contribution in [2.45, 2.75) is 31.7 Å². The molecule has 0 spiro atoms. The van der Waals surface area contributed by atoms with E-state index in [1.165, 1.54) is 34.2 Å². The van der Waals surface area contributed by atoms with Crippen molar-refractivity contribution in [3.8, 4) is 6.07 Å². The fourth-order valence-electron chi connectivity index (χ4n) is 5.11. The van der Waals surface area contributed by atoms with Crippen LogP contribution in [0.3, 0.4) is 0 Å². The van der Waals surface area contributed by atoms with Gasteiger partial charge in [-0.15, -0.1) is 11.3 Å². The summed E-state index contributed by atoms with van der Waals surface area (Å²) in [7, 11) is 2.08. The number of amides is 1. The molecule has 162 valence electrons. The van der Waals surface area contributed by atoms with Gasteiger partial charge in [0.15, 0.2) is 0 Å². The highest BCUT2D eigenvalue weighted by Crippen LogP contribution is 2.34. The van der Waals surface area contributed by atoms with E-state index in [-0.39, 0.29) is 5.91 Å². The van der Waals surface area contributed by atoms with Gasteiger partial charge in [0, 0.05) is 42.0 Å². The summed E-state index contributed by atoms with van der Waals surface area (Å²) in [6, 6.07) is 19.0. The van der Waals surface area contributed by atoms with Crippen LogP contribution in [0.1, 0.15) is 39.3 Å². The number of nitrogens with zero attached hydrogens (tertiary/aromatic N) is 3. The number of nitriles is 1. The van der Waals surface area contributed by atoms with Crippen molar-refractivity contribution in [2.24, 2.45) is 12.8 Å². The molecule has 1 amide bonds. The molecular weight excluding hydrogens is 416 g/mol. The Balaban J connectivity index is 1.35. The highest BCUT2D eigenvalue weighted by atomic mass is 32.1. The third kappa shape index (κ3) is 3.68. The van der Waals surface area contributed by atoms with Gasteiger partial charge in [-0.25, -0.2) is 0 Å². The van der Waals surface area contributed by atoms with Crippen LogP contribution in [0, 0.1) is 11.3 Å². The molecule has 0 radical (unpaired) electrons. The number of carbonyl (C=O) groups is 1. The molecule has 5 rings (SSSR count). The maximum absolute atomic E-state index is 12.1. The quantitative estimate of drug-likeness (QED) is 0.474. The van der Waals surface area contributed by atoms with E-state index in [4.69, 9.17) is 5.73 Å². The molecule has 2 aromatic carbocycles. The van der Waals surface area contributed by atoms with Crippen molar-refractivity contribution in [2.75, 3.05) is 13.1 Å². The smallest absolute Gasteiger partial charge is 0.259 e. The number of rotatable bonds is 6. The second kappa shape index (κ2) is 8.42. The van der Waals surface area contributed by atoms with E-state index < -0.39 is 0 Å². The average molecular weight is 443 g/mol. The number of thiophene rings is 1. The van der Waals surface area contributed by atoms with Crippen LogP contribution >= 0.6 is 11.3 Å². The highest BCUT2D eigenvalue weighted by Gasteiger charge is 2.28. The van der Waals surface area contributed by atoms with Crippen molar-refractivity contribution in [3.05, 3.63) is 70.2 Å². The van der Waals surface area contributed by atoms with E-state index in [2.05, 4.69) is 40.8 Å². The van der Waals surface area contributed by atoms with Crippen LogP contribution in [0.5, 0.6) is 0 Å². The molecule has 1 aliphatic rings. The van der Waals surface area contributed by atoms with E-state index in [1.54, 1.807) is 0 Å². The molecular formula is C26H26N4OS. The van der Waals surface area contributed by atoms with Gasteiger partial charge in [-0.05, 0) is 66.4 Å². The van der Waals surface area contributed by atoms with E-state index in [9.17, 15) is 10.1 Å². The van der Waals surface area contributed by atoms with Gasteiger partial charge in [-0.1, -0.05) is 24.3 Å². The molecule has 1 saturated heterocycles. The number of hydrogen-bond donors (Lipinski definition) is 1. The summed E-state index contributed by atoms with van der Waals surface area (Å²) in [6.07, 6.45) is 4.14. The number of likely N-dealkylation sites (tertiary alicyclic amines) is 1. The van der Waals surface area contributed by atoms with E-state index >= 15 is 0 Å². The van der Waals surface area contributed by atoms with Gasteiger partial charge >= 0.3 is 0 Å². The van der Waals surface area contributed by atoms with Crippen LogP contribution in [0.2, 0.25) is 0 Å². The fourth-order valence-corrected chi connectivity index (χ4v) is 6.20. The Morgan fingerprint density at radius 2 is 2.09 bits per heavy atom. The van der Waals surface area contributed by atoms with Crippen LogP contribution in [-0.4, -0.2) is 34.5 Å². The number of benzene rings is 2. The third-order valence-corrected chi connectivity index (χ3v) is 8.02. The van der Waals surface area contributed by atoms with Crippen molar-refractivity contribution in [1.82, 2.24) is 9.47 Å². The summed E-state index contributed by atoms with van der Waals surface area (Å²) >= 11 is 1.51. The third-order valence-electron chi connectivity index (χ3n) is 6.79. The van der Waals surface area contributed by atoms with Crippen LogP contribution < -0.4 is 5.73 Å². The van der Waals surface area contributed by atoms with Crippen LogP contribution in [-0.2, 0) is 19.9 Å². The molecule has 1 fully saturated rings. The van der Waals surface area contributed by atoms with Crippen molar-refractivity contribution < 1.29 is 4.79 Å². The first-order valence-corrected chi connectivity index (χ1v) is 11.9. The number of aromatic nitrogens is 1. The summed E-state index contributed by atoms with van der Waals surface area (Å²) in [5.41, 5.74) is 9.92. The normalized spacial score (nSPS) is 16.7. The summed E-state index contributed by atoms with van der Waals surface area (Å²) in [4.78, 5) is 15.4. The van der Waals surface area contributed by atoms with E-state index in [0.29, 0.717) is 16.5 Å². The number of nitrogens with two attached hydrogens (primary N) is 1. The van der Waals surface area contributed by atoms with Crippen molar-refractivity contribution >= 4 is 38.2 Å². The van der Waals surface area contributed by atoms with E-state index in [1.807, 2.05) is 30.3 Å². The van der Waals surface area contributed by atoms with Crippen molar-refractivity contribution in [3.63, 3.8) is 0 Å². The van der Waals surface area contributed by atoms with Gasteiger partial charge in [-0.2, -0.15) is 5.26 Å². The molecule has 0 bridgehead atoms. The van der Waals surface area contributed by atoms with Gasteiger partial charge < -0.3 is 10.3 Å². The lowest BCUT2D eigenvalue weighted by Gasteiger charge is -2.25. The summed E-state index contributed by atoms with van der Waals surface area (Å²) in [5.74, 6) is -0.321. The maximum atomic E-state index is 12.1. The monoisotopic (exact) mass is 442 g/mol. The summed E-state index contributed by atoms with van der Waals surface area (Å²) in [5, 5.41) is 11.5. The molecule has 1 aliphatic heterocycles. The standard InChI is InChI=1S/C26H26N4OS/c1-29-19(14-18-9-8-17(16-27)13-23(18)29)10-12-30-11-4-5-20(30)15-22-21-6-2-3-7-24(21)32-25(22)26(28)31/h2-3,6-9,13-14,20H,4-5,10-12,15H2,1H3,(H2,28,31)/t20-/m0/s1. The van der Waals surface area contributed by atoms with Gasteiger partial charge in [-0.3, -0.25) is 9.69 Å². The zero-order valence-electron chi connectivity index (χ0n) is 18.2. The lowest BCUT2D eigenvalue weighted by atomic mass is 10.0. The minimum absolute atomic E-state index is 0.321. The molecule has 0 aliphatic carbocycles. The highest BCUT2D eigenvalue weighted by molar-refractivity contribution is 7.21. The van der Waals surface area contributed by atoms with Crippen molar-refractivity contribution in [1.29, 1.82) is 5.26 Å². The minimum Gasteiger partial charge on any atom is -0.365 e. The van der Waals surface area contributed by atoms with Gasteiger partial charge in [0.1, 0.15) is 0 Å². The Hall–Kier alpha value is -3.14. The van der Waals surface area contributed by atoms with Crippen LogP contribution in [0.4, 0.5) is 0 Å².